The lowest BCUT2D eigenvalue weighted by Crippen LogP contribution is -2.40. The first kappa shape index (κ1) is 16.9. The number of carbonyl (C=O) groups is 2. The van der Waals surface area contributed by atoms with E-state index in [2.05, 4.69) is 4.72 Å². The Kier molecular flexibility index (Phi) is 4.60. The van der Waals surface area contributed by atoms with E-state index in [4.69, 9.17) is 0 Å². The van der Waals surface area contributed by atoms with Crippen LogP contribution < -0.4 is 4.72 Å². The van der Waals surface area contributed by atoms with E-state index in [9.17, 15) is 23.1 Å². The highest BCUT2D eigenvalue weighted by Crippen LogP contribution is 2.28. The van der Waals surface area contributed by atoms with Gasteiger partial charge >= 0.3 is 5.97 Å². The maximum atomic E-state index is 12.6. The van der Waals surface area contributed by atoms with Gasteiger partial charge in [0.1, 0.15) is 6.04 Å². The monoisotopic (exact) mass is 352 g/mol. The zero-order valence-electron chi connectivity index (χ0n) is 13.1. The highest BCUT2D eigenvalue weighted by molar-refractivity contribution is 7.89. The second kappa shape index (κ2) is 6.52. The molecule has 130 valence electrons. The van der Waals surface area contributed by atoms with E-state index in [1.54, 1.807) is 0 Å². The van der Waals surface area contributed by atoms with Crippen molar-refractivity contribution < 1.29 is 23.1 Å². The highest BCUT2D eigenvalue weighted by atomic mass is 32.2. The van der Waals surface area contributed by atoms with Crippen LogP contribution in [0.25, 0.3) is 0 Å². The van der Waals surface area contributed by atoms with Gasteiger partial charge in [0, 0.05) is 18.7 Å². The summed E-state index contributed by atoms with van der Waals surface area (Å²) < 4.78 is 27.2. The van der Waals surface area contributed by atoms with Crippen LogP contribution in [0, 0.1) is 5.92 Å². The van der Waals surface area contributed by atoms with Crippen molar-refractivity contribution >= 4 is 21.9 Å². The minimum absolute atomic E-state index is 0.0278. The van der Waals surface area contributed by atoms with E-state index in [1.807, 2.05) is 0 Å². The van der Waals surface area contributed by atoms with Crippen molar-refractivity contribution in [1.29, 1.82) is 0 Å². The van der Waals surface area contributed by atoms with E-state index in [1.165, 1.54) is 29.2 Å². The van der Waals surface area contributed by atoms with Crippen molar-refractivity contribution in [3.05, 3.63) is 29.8 Å². The first-order chi connectivity index (χ1) is 11.4. The molecule has 1 aliphatic heterocycles. The van der Waals surface area contributed by atoms with E-state index in [0.29, 0.717) is 31.8 Å². The van der Waals surface area contributed by atoms with Crippen LogP contribution in [0.5, 0.6) is 0 Å². The van der Waals surface area contributed by atoms with Gasteiger partial charge in [0.25, 0.3) is 5.91 Å². The lowest BCUT2D eigenvalue weighted by atomic mass is 10.1. The molecule has 1 atom stereocenters. The molecule has 1 saturated heterocycles. The first-order valence-electron chi connectivity index (χ1n) is 8.02. The number of aliphatic carboxylic acids is 1. The molecule has 0 radical (unpaired) electrons. The molecule has 1 heterocycles. The number of sulfonamides is 1. The average Bonchev–Trinajstić information content (AvgIpc) is 3.26. The maximum absolute atomic E-state index is 12.6. The molecule has 2 N–H and O–H groups in total. The molecule has 3 rings (SSSR count). The summed E-state index contributed by atoms with van der Waals surface area (Å²) in [6.07, 6.45) is 3.12. The van der Waals surface area contributed by atoms with Crippen molar-refractivity contribution in [2.45, 2.75) is 36.6 Å². The second-order valence-electron chi connectivity index (χ2n) is 6.32. The minimum Gasteiger partial charge on any atom is -0.480 e. The SMILES string of the molecule is O=C(O)[C@H]1CCCN1C(=O)c1cccc(S(=O)(=O)NCC2CC2)c1. The van der Waals surface area contributed by atoms with Crippen LogP contribution in [0.15, 0.2) is 29.2 Å². The Morgan fingerprint density at radius 3 is 2.67 bits per heavy atom. The summed E-state index contributed by atoms with van der Waals surface area (Å²) in [6, 6.07) is 4.93. The van der Waals surface area contributed by atoms with Gasteiger partial charge in [-0.3, -0.25) is 4.79 Å². The van der Waals surface area contributed by atoms with Crippen LogP contribution >= 0.6 is 0 Å². The standard InChI is InChI=1S/C16H20N2O5S/c19-15(18-8-2-5-14(18)16(20)21)12-3-1-4-13(9-12)24(22,23)17-10-11-6-7-11/h1,3-4,9,11,14,17H,2,5-8,10H2,(H,20,21)/t14-/m1/s1. The third kappa shape index (κ3) is 3.59. The summed E-state index contributed by atoms with van der Waals surface area (Å²) >= 11 is 0. The van der Waals surface area contributed by atoms with Crippen molar-refractivity contribution in [2.24, 2.45) is 5.92 Å². The normalized spacial score (nSPS) is 21.0. The van der Waals surface area contributed by atoms with Crippen LogP contribution in [0.4, 0.5) is 0 Å². The fraction of sp³-hybridized carbons (Fsp3) is 0.500. The summed E-state index contributed by atoms with van der Waals surface area (Å²) in [5.74, 6) is -1.07. The smallest absolute Gasteiger partial charge is 0.326 e. The summed E-state index contributed by atoms with van der Waals surface area (Å²) in [5.41, 5.74) is 0.192. The molecule has 2 fully saturated rings. The second-order valence-corrected chi connectivity index (χ2v) is 8.08. The van der Waals surface area contributed by atoms with E-state index in [-0.39, 0.29) is 10.5 Å². The Hall–Kier alpha value is -1.93. The van der Waals surface area contributed by atoms with Crippen LogP contribution in [0.3, 0.4) is 0 Å². The Bertz CT molecular complexity index is 757. The van der Waals surface area contributed by atoms with Gasteiger partial charge in [-0.2, -0.15) is 0 Å². The van der Waals surface area contributed by atoms with Gasteiger partial charge < -0.3 is 10.0 Å². The van der Waals surface area contributed by atoms with Crippen molar-refractivity contribution in [2.75, 3.05) is 13.1 Å². The molecule has 0 aromatic heterocycles. The summed E-state index contributed by atoms with van der Waals surface area (Å²) in [7, 11) is -3.66. The minimum atomic E-state index is -3.66. The number of carboxylic acid groups (broad SMARTS) is 1. The number of carboxylic acids is 1. The third-order valence-electron chi connectivity index (χ3n) is 4.45. The lowest BCUT2D eigenvalue weighted by Gasteiger charge is -2.21. The Labute approximate surface area is 140 Å². The molecule has 1 aliphatic carbocycles. The predicted molar refractivity (Wildman–Crippen MR) is 86.0 cm³/mol. The Morgan fingerprint density at radius 1 is 1.25 bits per heavy atom. The Balaban J connectivity index is 1.79. The maximum Gasteiger partial charge on any atom is 0.326 e. The molecule has 1 aromatic carbocycles. The number of hydrogen-bond acceptors (Lipinski definition) is 4. The quantitative estimate of drug-likeness (QED) is 0.797. The van der Waals surface area contributed by atoms with Crippen LogP contribution in [-0.4, -0.2) is 49.4 Å². The van der Waals surface area contributed by atoms with Crippen molar-refractivity contribution in [3.8, 4) is 0 Å². The van der Waals surface area contributed by atoms with Crippen molar-refractivity contribution in [3.63, 3.8) is 0 Å². The van der Waals surface area contributed by atoms with E-state index < -0.39 is 27.9 Å². The largest absolute Gasteiger partial charge is 0.480 e. The number of hydrogen-bond donors (Lipinski definition) is 2. The van der Waals surface area contributed by atoms with Gasteiger partial charge in [-0.15, -0.1) is 0 Å². The van der Waals surface area contributed by atoms with Crippen molar-refractivity contribution in [1.82, 2.24) is 9.62 Å². The first-order valence-corrected chi connectivity index (χ1v) is 9.50. The molecule has 1 amide bonds. The molecule has 2 aliphatic rings. The van der Waals surface area contributed by atoms with Gasteiger partial charge in [-0.25, -0.2) is 17.9 Å². The zero-order valence-corrected chi connectivity index (χ0v) is 14.0. The van der Waals surface area contributed by atoms with Crippen LogP contribution in [0.1, 0.15) is 36.0 Å². The third-order valence-corrected chi connectivity index (χ3v) is 5.87. The summed E-state index contributed by atoms with van der Waals surface area (Å²) in [6.45, 7) is 0.778. The summed E-state index contributed by atoms with van der Waals surface area (Å²) in [4.78, 5) is 25.1. The van der Waals surface area contributed by atoms with Crippen LogP contribution in [0.2, 0.25) is 0 Å². The molecule has 0 spiro atoms. The summed E-state index contributed by atoms with van der Waals surface area (Å²) in [5, 5.41) is 9.19. The molecule has 24 heavy (non-hydrogen) atoms. The number of amides is 1. The number of nitrogens with one attached hydrogen (secondary N) is 1. The van der Waals surface area contributed by atoms with Gasteiger partial charge in [-0.05, 0) is 49.8 Å². The highest BCUT2D eigenvalue weighted by Gasteiger charge is 2.34. The van der Waals surface area contributed by atoms with E-state index >= 15 is 0 Å². The number of rotatable bonds is 6. The van der Waals surface area contributed by atoms with Crippen LogP contribution in [-0.2, 0) is 14.8 Å². The van der Waals surface area contributed by atoms with Gasteiger partial charge in [0.15, 0.2) is 0 Å². The molecule has 1 aromatic rings. The molecular weight excluding hydrogens is 332 g/mol. The molecule has 7 nitrogen and oxygen atoms in total. The van der Waals surface area contributed by atoms with E-state index in [0.717, 1.165) is 12.8 Å². The number of carbonyl (C=O) groups excluding carboxylic acids is 1. The number of likely N-dealkylation sites (tertiary alicyclic amines) is 1. The fourth-order valence-corrected chi connectivity index (χ4v) is 4.02. The predicted octanol–water partition coefficient (Wildman–Crippen LogP) is 1.06. The number of nitrogens with zero attached hydrogens (tertiary/aromatic N) is 1. The Morgan fingerprint density at radius 2 is 2.00 bits per heavy atom. The molecular formula is C16H20N2O5S. The topological polar surface area (TPSA) is 104 Å². The lowest BCUT2D eigenvalue weighted by molar-refractivity contribution is -0.141. The molecule has 0 bridgehead atoms. The average molecular weight is 352 g/mol. The van der Waals surface area contributed by atoms with Gasteiger partial charge in [0.2, 0.25) is 10.0 Å². The number of benzene rings is 1. The van der Waals surface area contributed by atoms with Gasteiger partial charge in [0.05, 0.1) is 4.90 Å². The molecule has 0 unspecified atom stereocenters. The van der Waals surface area contributed by atoms with Gasteiger partial charge in [-0.1, -0.05) is 6.07 Å². The molecule has 1 saturated carbocycles. The zero-order chi connectivity index (χ0) is 17.3. The molecule has 8 heteroatoms. The fourth-order valence-electron chi connectivity index (χ4n) is 2.86.